The average Bonchev–Trinajstić information content (AvgIpc) is 3.23. The second-order valence-electron chi connectivity index (χ2n) is 9.64. The number of pyridine rings is 1. The quantitative estimate of drug-likeness (QED) is 0.403. The lowest BCUT2D eigenvalue weighted by Crippen LogP contribution is -2.59. The maximum atomic E-state index is 10.5. The second kappa shape index (κ2) is 7.45. The Morgan fingerprint density at radius 1 is 1.00 bits per heavy atom. The van der Waals surface area contributed by atoms with Crippen molar-refractivity contribution in [2.24, 2.45) is 5.73 Å². The van der Waals surface area contributed by atoms with E-state index in [9.17, 15) is 5.11 Å². The molecule has 3 N–H and O–H groups in total. The molecular formula is C28H27N5O. The summed E-state index contributed by atoms with van der Waals surface area (Å²) < 4.78 is 1.81. The molecule has 0 spiro atoms. The largest absolute Gasteiger partial charge is 0.390 e. The van der Waals surface area contributed by atoms with Crippen molar-refractivity contribution >= 4 is 16.7 Å². The van der Waals surface area contributed by atoms with Crippen LogP contribution >= 0.6 is 0 Å². The zero-order chi connectivity index (χ0) is 23.5. The molecule has 170 valence electrons. The van der Waals surface area contributed by atoms with Crippen molar-refractivity contribution in [2.45, 2.75) is 44.2 Å². The van der Waals surface area contributed by atoms with Crippen molar-refractivity contribution in [1.29, 1.82) is 0 Å². The van der Waals surface area contributed by atoms with Crippen LogP contribution in [0.4, 0.5) is 0 Å². The zero-order valence-corrected chi connectivity index (χ0v) is 19.4. The van der Waals surface area contributed by atoms with Crippen molar-refractivity contribution in [3.05, 3.63) is 84.2 Å². The highest BCUT2D eigenvalue weighted by atomic mass is 16.3. The number of rotatable bonds is 4. The second-order valence-corrected chi connectivity index (χ2v) is 9.64. The summed E-state index contributed by atoms with van der Waals surface area (Å²) in [5.41, 5.74) is 13.0. The maximum absolute atomic E-state index is 10.5. The van der Waals surface area contributed by atoms with Gasteiger partial charge in [0.15, 0.2) is 11.3 Å². The molecule has 6 nitrogen and oxygen atoms in total. The first-order valence-electron chi connectivity index (χ1n) is 11.7. The van der Waals surface area contributed by atoms with E-state index in [1.165, 1.54) is 0 Å². The summed E-state index contributed by atoms with van der Waals surface area (Å²) in [5.74, 6) is 0. The number of nitrogens with two attached hydrogens (primary N) is 1. The van der Waals surface area contributed by atoms with Gasteiger partial charge in [0.05, 0.1) is 17.0 Å². The molecule has 1 aliphatic rings. The minimum atomic E-state index is -0.644. The normalized spacial score (nSPS) is 22.2. The molecule has 1 aliphatic carbocycles. The monoisotopic (exact) mass is 449 g/mol. The fourth-order valence-corrected chi connectivity index (χ4v) is 5.25. The molecule has 34 heavy (non-hydrogen) atoms. The summed E-state index contributed by atoms with van der Waals surface area (Å²) in [6.07, 6.45) is 3.76. The molecule has 0 aliphatic heterocycles. The summed E-state index contributed by atoms with van der Waals surface area (Å²) in [6, 6.07) is 22.7. The zero-order valence-electron chi connectivity index (χ0n) is 19.4. The minimum absolute atomic E-state index is 0.479. The molecule has 6 rings (SSSR count). The molecule has 0 amide bonds. The molecule has 2 aromatic carbocycles. The van der Waals surface area contributed by atoms with Crippen molar-refractivity contribution < 1.29 is 5.11 Å². The van der Waals surface area contributed by atoms with Gasteiger partial charge < -0.3 is 10.8 Å². The van der Waals surface area contributed by atoms with Gasteiger partial charge in [0.1, 0.15) is 0 Å². The molecule has 0 unspecified atom stereocenters. The van der Waals surface area contributed by atoms with Gasteiger partial charge in [-0.15, -0.1) is 0 Å². The van der Waals surface area contributed by atoms with E-state index in [1.54, 1.807) is 0 Å². The molecule has 0 radical (unpaired) electrons. The Hall–Kier alpha value is -3.61. The van der Waals surface area contributed by atoms with Gasteiger partial charge in [-0.25, -0.2) is 9.97 Å². The van der Waals surface area contributed by atoms with Gasteiger partial charge in [-0.1, -0.05) is 61.5 Å². The van der Waals surface area contributed by atoms with E-state index < -0.39 is 11.1 Å². The van der Waals surface area contributed by atoms with E-state index in [4.69, 9.17) is 10.7 Å². The van der Waals surface area contributed by atoms with Crippen LogP contribution in [-0.2, 0) is 5.54 Å². The molecule has 1 saturated carbocycles. The van der Waals surface area contributed by atoms with Crippen LogP contribution in [0.25, 0.3) is 39.1 Å². The van der Waals surface area contributed by atoms with Crippen LogP contribution in [0.2, 0.25) is 0 Å². The first-order chi connectivity index (χ1) is 16.4. The summed E-state index contributed by atoms with van der Waals surface area (Å²) in [7, 11) is 0. The third-order valence-corrected chi connectivity index (χ3v) is 7.15. The molecule has 5 aromatic rings. The summed E-state index contributed by atoms with van der Waals surface area (Å²) in [5, 5.41) is 16.0. The Morgan fingerprint density at radius 3 is 2.44 bits per heavy atom. The van der Waals surface area contributed by atoms with Gasteiger partial charge >= 0.3 is 0 Å². The summed E-state index contributed by atoms with van der Waals surface area (Å²) >= 11 is 0. The third-order valence-electron chi connectivity index (χ3n) is 7.15. The molecule has 6 heteroatoms. The van der Waals surface area contributed by atoms with E-state index >= 15 is 0 Å². The number of hydrogen-bond donors (Lipinski definition) is 2. The first kappa shape index (κ1) is 21.0. The highest BCUT2D eigenvalue weighted by Gasteiger charge is 2.51. The van der Waals surface area contributed by atoms with Gasteiger partial charge in [-0.2, -0.15) is 9.61 Å². The topological polar surface area (TPSA) is 89.3 Å². The van der Waals surface area contributed by atoms with Gasteiger partial charge in [0, 0.05) is 34.3 Å². The Bertz CT molecular complexity index is 1520. The standard InChI is InChI=1S/C28H27N5O/c1-3-27(34)16-28(29,17-27)22-11-9-20(10-12-22)25-23(19-7-5-4-6-8-19)14-21-15-30-24-13-18(2)32-33(24)26(21)31-25/h4-15,34H,3,16-17,29H2,1-2H3/t27-,28+. The number of benzene rings is 2. The van der Waals surface area contributed by atoms with Crippen LogP contribution in [0.15, 0.2) is 72.9 Å². The maximum Gasteiger partial charge on any atom is 0.165 e. The van der Waals surface area contributed by atoms with Crippen molar-refractivity contribution in [3.8, 4) is 22.4 Å². The van der Waals surface area contributed by atoms with Gasteiger partial charge in [0.25, 0.3) is 0 Å². The van der Waals surface area contributed by atoms with E-state index in [1.807, 2.05) is 48.8 Å². The lowest BCUT2D eigenvalue weighted by molar-refractivity contribution is -0.0916. The van der Waals surface area contributed by atoms with Crippen LogP contribution in [0.1, 0.15) is 37.4 Å². The van der Waals surface area contributed by atoms with E-state index in [2.05, 4.69) is 52.5 Å². The lowest BCUT2D eigenvalue weighted by atomic mass is 9.61. The van der Waals surface area contributed by atoms with E-state index in [0.29, 0.717) is 12.8 Å². The minimum Gasteiger partial charge on any atom is -0.390 e. The van der Waals surface area contributed by atoms with Gasteiger partial charge in [0.2, 0.25) is 0 Å². The molecule has 0 saturated heterocycles. The van der Waals surface area contributed by atoms with Crippen molar-refractivity contribution in [3.63, 3.8) is 0 Å². The van der Waals surface area contributed by atoms with Crippen LogP contribution < -0.4 is 5.73 Å². The van der Waals surface area contributed by atoms with Crippen LogP contribution in [0, 0.1) is 6.92 Å². The molecule has 0 atom stereocenters. The SMILES string of the molecule is CC[C@]1(O)C[C@](N)(c2ccc(-c3nc4c(cnc5cc(C)nn54)cc3-c3ccccc3)cc2)C1. The molecule has 1 fully saturated rings. The van der Waals surface area contributed by atoms with Crippen LogP contribution in [-0.4, -0.2) is 30.3 Å². The number of aliphatic hydroxyl groups is 1. The highest BCUT2D eigenvalue weighted by Crippen LogP contribution is 2.48. The molecule has 0 bridgehead atoms. The Kier molecular flexibility index (Phi) is 4.59. The van der Waals surface area contributed by atoms with E-state index in [-0.39, 0.29) is 0 Å². The van der Waals surface area contributed by atoms with Crippen LogP contribution in [0.5, 0.6) is 0 Å². The number of aromatic nitrogens is 4. The number of aryl methyl sites for hydroxylation is 1. The summed E-state index contributed by atoms with van der Waals surface area (Å²) in [6.45, 7) is 3.97. The average molecular weight is 450 g/mol. The fraction of sp³-hybridized carbons (Fsp3) is 0.250. The number of fused-ring (bicyclic) bond motifs is 3. The van der Waals surface area contributed by atoms with Crippen molar-refractivity contribution in [2.75, 3.05) is 0 Å². The van der Waals surface area contributed by atoms with Crippen LogP contribution in [0.3, 0.4) is 0 Å². The fourth-order valence-electron chi connectivity index (χ4n) is 5.25. The van der Waals surface area contributed by atoms with Gasteiger partial charge in [-0.05, 0) is 43.4 Å². The molecular weight excluding hydrogens is 422 g/mol. The predicted molar refractivity (Wildman–Crippen MR) is 134 cm³/mol. The smallest absolute Gasteiger partial charge is 0.165 e. The van der Waals surface area contributed by atoms with Crippen molar-refractivity contribution in [1.82, 2.24) is 19.6 Å². The third kappa shape index (κ3) is 3.30. The lowest BCUT2D eigenvalue weighted by Gasteiger charge is -2.51. The summed E-state index contributed by atoms with van der Waals surface area (Å²) in [4.78, 5) is 9.68. The number of nitrogens with zero attached hydrogens (tertiary/aromatic N) is 4. The molecule has 3 heterocycles. The van der Waals surface area contributed by atoms with E-state index in [0.717, 1.165) is 56.7 Å². The number of hydrogen-bond acceptors (Lipinski definition) is 5. The Balaban J connectivity index is 1.50. The predicted octanol–water partition coefficient (Wildman–Crippen LogP) is 5.01. The Morgan fingerprint density at radius 2 is 1.74 bits per heavy atom. The Labute approximate surface area is 198 Å². The molecule has 3 aromatic heterocycles. The first-order valence-corrected chi connectivity index (χ1v) is 11.7. The highest BCUT2D eigenvalue weighted by molar-refractivity contribution is 5.90. The van der Waals surface area contributed by atoms with Gasteiger partial charge in [-0.3, -0.25) is 0 Å².